The number of thioether (sulfide) groups is 1. The fourth-order valence-corrected chi connectivity index (χ4v) is 4.55. The molecule has 0 spiro atoms. The first-order valence-electron chi connectivity index (χ1n) is 9.48. The molecule has 3 aromatic rings. The summed E-state index contributed by atoms with van der Waals surface area (Å²) in [6, 6.07) is 6.05. The van der Waals surface area contributed by atoms with Crippen LogP contribution in [0.1, 0.15) is 43.6 Å². The molecule has 3 heterocycles. The van der Waals surface area contributed by atoms with Gasteiger partial charge in [-0.3, -0.25) is 19.0 Å². The number of carbonyl (C=O) groups is 2. The van der Waals surface area contributed by atoms with E-state index >= 15 is 0 Å². The van der Waals surface area contributed by atoms with Crippen LogP contribution in [0.5, 0.6) is 0 Å². The molecule has 0 saturated heterocycles. The van der Waals surface area contributed by atoms with Gasteiger partial charge in [0.2, 0.25) is 11.8 Å². The number of nitrogens with zero attached hydrogens (tertiary/aromatic N) is 4. The molecule has 0 aliphatic carbocycles. The van der Waals surface area contributed by atoms with Crippen molar-refractivity contribution < 1.29 is 9.59 Å². The normalized spacial score (nSPS) is 15.9. The number of rotatable bonds is 4. The van der Waals surface area contributed by atoms with Gasteiger partial charge in [-0.05, 0) is 45.0 Å². The van der Waals surface area contributed by atoms with Gasteiger partial charge in [-0.15, -0.1) is 0 Å². The molecule has 1 aromatic carbocycles. The van der Waals surface area contributed by atoms with Crippen molar-refractivity contribution in [3.63, 3.8) is 0 Å². The standard InChI is InChI=1S/C20H22N6O3S/c1-20(2,3)26-17-14(9-22-26)18(29)25-13(10-30-19(25)24-17)8-15(27)23-12-6-4-11(5-7-12)16(21)28/h4-7,9,13H,8,10H2,1-3H3,(H2,21,28)(H,23,27). The molecule has 1 aliphatic rings. The number of hydrogen-bond donors (Lipinski definition) is 2. The Morgan fingerprint density at radius 1 is 1.27 bits per heavy atom. The second-order valence-corrected chi connectivity index (χ2v) is 9.18. The smallest absolute Gasteiger partial charge is 0.265 e. The van der Waals surface area contributed by atoms with E-state index in [0.717, 1.165) is 0 Å². The zero-order chi connectivity index (χ0) is 21.6. The molecule has 0 saturated carbocycles. The fraction of sp³-hybridized carbons (Fsp3) is 0.350. The number of nitrogens with two attached hydrogens (primary N) is 1. The number of hydrogen-bond acceptors (Lipinski definition) is 6. The van der Waals surface area contributed by atoms with Crippen LogP contribution in [-0.2, 0) is 10.3 Å². The van der Waals surface area contributed by atoms with Crippen LogP contribution < -0.4 is 16.6 Å². The van der Waals surface area contributed by atoms with Gasteiger partial charge in [0.05, 0.1) is 17.8 Å². The third-order valence-corrected chi connectivity index (χ3v) is 5.98. The number of amides is 2. The molecule has 9 nitrogen and oxygen atoms in total. The van der Waals surface area contributed by atoms with Gasteiger partial charge < -0.3 is 11.1 Å². The number of nitrogens with one attached hydrogen (secondary N) is 1. The van der Waals surface area contributed by atoms with Crippen LogP contribution in [0.15, 0.2) is 40.4 Å². The van der Waals surface area contributed by atoms with Crippen molar-refractivity contribution in [1.82, 2.24) is 19.3 Å². The molecule has 1 aliphatic heterocycles. The molecule has 10 heteroatoms. The SMILES string of the molecule is CC(C)(C)n1ncc2c(=O)n3c(nc21)SCC3CC(=O)Nc1ccc(C(N)=O)cc1. The first-order chi connectivity index (χ1) is 14.1. The second kappa shape index (κ2) is 7.28. The van der Waals surface area contributed by atoms with Crippen molar-refractivity contribution in [3.05, 3.63) is 46.4 Å². The number of primary amides is 1. The highest BCUT2D eigenvalue weighted by Gasteiger charge is 2.30. The van der Waals surface area contributed by atoms with Gasteiger partial charge in [0.25, 0.3) is 5.56 Å². The van der Waals surface area contributed by atoms with Gasteiger partial charge in [-0.2, -0.15) is 5.10 Å². The van der Waals surface area contributed by atoms with Crippen LogP contribution >= 0.6 is 11.8 Å². The Hall–Kier alpha value is -3.14. The van der Waals surface area contributed by atoms with Crippen LogP contribution in [0.25, 0.3) is 11.0 Å². The van der Waals surface area contributed by atoms with E-state index in [9.17, 15) is 14.4 Å². The van der Waals surface area contributed by atoms with E-state index < -0.39 is 5.91 Å². The van der Waals surface area contributed by atoms with E-state index in [0.29, 0.717) is 33.2 Å². The Morgan fingerprint density at radius 3 is 2.60 bits per heavy atom. The van der Waals surface area contributed by atoms with Gasteiger partial charge in [-0.1, -0.05) is 11.8 Å². The molecule has 0 bridgehead atoms. The summed E-state index contributed by atoms with van der Waals surface area (Å²) < 4.78 is 3.35. The Bertz CT molecular complexity index is 1210. The van der Waals surface area contributed by atoms with E-state index in [1.54, 1.807) is 39.7 Å². The van der Waals surface area contributed by atoms with E-state index in [2.05, 4.69) is 15.4 Å². The maximum atomic E-state index is 13.1. The number of aromatic nitrogens is 4. The summed E-state index contributed by atoms with van der Waals surface area (Å²) in [5.74, 6) is -0.163. The molecule has 2 aromatic heterocycles. The van der Waals surface area contributed by atoms with Gasteiger partial charge in [0.15, 0.2) is 10.8 Å². The monoisotopic (exact) mass is 426 g/mol. The minimum absolute atomic E-state index is 0.137. The Labute approximate surface area is 176 Å². The molecule has 0 radical (unpaired) electrons. The summed E-state index contributed by atoms with van der Waals surface area (Å²) in [6.45, 7) is 6.01. The third kappa shape index (κ3) is 3.58. The lowest BCUT2D eigenvalue weighted by atomic mass is 10.1. The maximum Gasteiger partial charge on any atom is 0.265 e. The lowest BCUT2D eigenvalue weighted by molar-refractivity contribution is -0.116. The lowest BCUT2D eigenvalue weighted by Crippen LogP contribution is -2.29. The number of benzene rings is 1. The number of carbonyl (C=O) groups excluding carboxylic acids is 2. The predicted molar refractivity (Wildman–Crippen MR) is 115 cm³/mol. The molecule has 1 unspecified atom stereocenters. The van der Waals surface area contributed by atoms with Crippen LogP contribution in [0.2, 0.25) is 0 Å². The number of fused-ring (bicyclic) bond motifs is 2. The molecule has 3 N–H and O–H groups in total. The largest absolute Gasteiger partial charge is 0.366 e. The van der Waals surface area contributed by atoms with Gasteiger partial charge >= 0.3 is 0 Å². The van der Waals surface area contributed by atoms with Crippen molar-refractivity contribution in [3.8, 4) is 0 Å². The first-order valence-corrected chi connectivity index (χ1v) is 10.5. The molecule has 4 rings (SSSR count). The predicted octanol–water partition coefficient (Wildman–Crippen LogP) is 2.12. The van der Waals surface area contributed by atoms with Gasteiger partial charge in [-0.25, -0.2) is 9.67 Å². The molecule has 2 amide bonds. The van der Waals surface area contributed by atoms with E-state index in [-0.39, 0.29) is 29.5 Å². The maximum absolute atomic E-state index is 13.1. The van der Waals surface area contributed by atoms with E-state index in [4.69, 9.17) is 5.73 Å². The van der Waals surface area contributed by atoms with Gasteiger partial charge in [0.1, 0.15) is 5.39 Å². The molecule has 0 fully saturated rings. The summed E-state index contributed by atoms with van der Waals surface area (Å²) >= 11 is 1.46. The summed E-state index contributed by atoms with van der Waals surface area (Å²) in [5, 5.41) is 8.19. The summed E-state index contributed by atoms with van der Waals surface area (Å²) in [5.41, 5.74) is 6.23. The Morgan fingerprint density at radius 2 is 1.97 bits per heavy atom. The second-order valence-electron chi connectivity index (χ2n) is 8.19. The molecular formula is C20H22N6O3S. The molecule has 156 valence electrons. The van der Waals surface area contributed by atoms with Crippen LogP contribution in [0, 0.1) is 0 Å². The molecule has 30 heavy (non-hydrogen) atoms. The van der Waals surface area contributed by atoms with Crippen LogP contribution in [0.3, 0.4) is 0 Å². The minimum atomic E-state index is -0.527. The van der Waals surface area contributed by atoms with Crippen molar-refractivity contribution in [2.24, 2.45) is 5.73 Å². The highest BCUT2D eigenvalue weighted by atomic mass is 32.2. The Kier molecular flexibility index (Phi) is 4.89. The first kappa shape index (κ1) is 20.1. The van der Waals surface area contributed by atoms with Crippen molar-refractivity contribution >= 4 is 40.3 Å². The van der Waals surface area contributed by atoms with Crippen LogP contribution in [-0.4, -0.2) is 36.9 Å². The zero-order valence-corrected chi connectivity index (χ0v) is 17.7. The fourth-order valence-electron chi connectivity index (χ4n) is 3.42. The topological polar surface area (TPSA) is 125 Å². The number of anilines is 1. The lowest BCUT2D eigenvalue weighted by Gasteiger charge is -2.20. The van der Waals surface area contributed by atoms with E-state index in [1.807, 2.05) is 20.8 Å². The van der Waals surface area contributed by atoms with Crippen molar-refractivity contribution in [2.75, 3.05) is 11.1 Å². The summed E-state index contributed by atoms with van der Waals surface area (Å²) in [6.07, 6.45) is 1.68. The molecular weight excluding hydrogens is 404 g/mol. The highest BCUT2D eigenvalue weighted by Crippen LogP contribution is 2.33. The minimum Gasteiger partial charge on any atom is -0.366 e. The van der Waals surface area contributed by atoms with Crippen LogP contribution in [0.4, 0.5) is 5.69 Å². The third-order valence-electron chi connectivity index (χ3n) is 4.88. The zero-order valence-electron chi connectivity index (χ0n) is 16.9. The molecule has 1 atom stereocenters. The quantitative estimate of drug-likeness (QED) is 0.616. The summed E-state index contributed by atoms with van der Waals surface area (Å²) in [7, 11) is 0. The van der Waals surface area contributed by atoms with Gasteiger partial charge in [0, 0.05) is 23.4 Å². The average Bonchev–Trinajstić information content (AvgIpc) is 3.27. The van der Waals surface area contributed by atoms with Crippen molar-refractivity contribution in [2.45, 2.75) is 43.9 Å². The highest BCUT2D eigenvalue weighted by molar-refractivity contribution is 7.99. The summed E-state index contributed by atoms with van der Waals surface area (Å²) in [4.78, 5) is 41.4. The Balaban J connectivity index is 1.56. The van der Waals surface area contributed by atoms with Crippen molar-refractivity contribution in [1.29, 1.82) is 0 Å². The average molecular weight is 427 g/mol. The van der Waals surface area contributed by atoms with E-state index in [1.165, 1.54) is 11.8 Å².